The van der Waals surface area contributed by atoms with Crippen LogP contribution in [-0.2, 0) is 4.79 Å². The van der Waals surface area contributed by atoms with Gasteiger partial charge in [0, 0.05) is 24.2 Å². The normalized spacial score (nSPS) is 12.5. The summed E-state index contributed by atoms with van der Waals surface area (Å²) in [5, 5.41) is 17.5. The second-order valence-corrected chi connectivity index (χ2v) is 2.95. The second kappa shape index (κ2) is 4.22. The van der Waals surface area contributed by atoms with Gasteiger partial charge in [-0.1, -0.05) is 0 Å². The zero-order chi connectivity index (χ0) is 11.6. The number of phenols is 1. The van der Waals surface area contributed by atoms with Crippen LogP contribution in [0.3, 0.4) is 0 Å². The highest BCUT2D eigenvalue weighted by Crippen LogP contribution is 2.26. The summed E-state index contributed by atoms with van der Waals surface area (Å²) in [5.41, 5.74) is 4.47. The second-order valence-electron chi connectivity index (χ2n) is 2.95. The number of aromatic hydroxyl groups is 1. The molecule has 0 aliphatic carbocycles. The predicted octanol–water partition coefficient (Wildman–Crippen LogP) is 0.797. The molecule has 15 heavy (non-hydrogen) atoms. The summed E-state index contributed by atoms with van der Waals surface area (Å²) in [6, 6.07) is 1.29. The van der Waals surface area contributed by atoms with Crippen molar-refractivity contribution >= 4 is 5.97 Å². The fourth-order valence-corrected chi connectivity index (χ4v) is 1.25. The van der Waals surface area contributed by atoms with Crippen LogP contribution in [0.2, 0.25) is 0 Å². The molecule has 0 radical (unpaired) electrons. The highest BCUT2D eigenvalue weighted by molar-refractivity contribution is 5.76. The number of carbonyl (C=O) groups is 1. The molecule has 0 aliphatic rings. The van der Waals surface area contributed by atoms with E-state index in [1.54, 1.807) is 0 Å². The molecule has 1 atom stereocenters. The number of aliphatic carboxylic acids is 1. The minimum atomic E-state index is -1.45. The van der Waals surface area contributed by atoms with E-state index >= 15 is 0 Å². The number of phenolic OH excluding ortho intramolecular Hbond substituents is 1. The van der Waals surface area contributed by atoms with E-state index < -0.39 is 41.4 Å². The van der Waals surface area contributed by atoms with Crippen LogP contribution >= 0.6 is 0 Å². The Kier molecular flexibility index (Phi) is 3.21. The minimum Gasteiger partial charge on any atom is -0.508 e. The molecule has 1 aromatic carbocycles. The summed E-state index contributed by atoms with van der Waals surface area (Å²) in [6.45, 7) is -0.423. The molecule has 0 saturated carbocycles. The van der Waals surface area contributed by atoms with Crippen molar-refractivity contribution in [3.05, 3.63) is 29.3 Å². The molecular formula is C9H9F2NO3. The van der Waals surface area contributed by atoms with Crippen LogP contribution < -0.4 is 5.73 Å². The summed E-state index contributed by atoms with van der Waals surface area (Å²) in [4.78, 5) is 10.6. The highest BCUT2D eigenvalue weighted by Gasteiger charge is 2.25. The summed E-state index contributed by atoms with van der Waals surface area (Å²) in [5.74, 6) is -5.71. The van der Waals surface area contributed by atoms with Crippen molar-refractivity contribution in [3.63, 3.8) is 0 Å². The van der Waals surface area contributed by atoms with Crippen LogP contribution in [0.1, 0.15) is 11.5 Å². The predicted molar refractivity (Wildman–Crippen MR) is 47.5 cm³/mol. The van der Waals surface area contributed by atoms with Crippen LogP contribution in [0, 0.1) is 11.6 Å². The Bertz CT molecular complexity index is 372. The van der Waals surface area contributed by atoms with Crippen molar-refractivity contribution in [1.29, 1.82) is 0 Å². The molecule has 0 spiro atoms. The van der Waals surface area contributed by atoms with Gasteiger partial charge in [0.05, 0.1) is 5.92 Å². The quantitative estimate of drug-likeness (QED) is 0.699. The fraction of sp³-hybridized carbons (Fsp3) is 0.222. The molecule has 0 fully saturated rings. The lowest BCUT2D eigenvalue weighted by Crippen LogP contribution is -2.23. The van der Waals surface area contributed by atoms with Gasteiger partial charge in [0.15, 0.2) is 0 Å². The Morgan fingerprint density at radius 2 is 1.87 bits per heavy atom. The first-order valence-electron chi connectivity index (χ1n) is 4.08. The van der Waals surface area contributed by atoms with Gasteiger partial charge in [0.1, 0.15) is 17.4 Å². The van der Waals surface area contributed by atoms with Crippen molar-refractivity contribution in [3.8, 4) is 5.75 Å². The summed E-state index contributed by atoms with van der Waals surface area (Å²) in [6.07, 6.45) is 0. The molecule has 0 amide bonds. The molecule has 0 saturated heterocycles. The Hall–Kier alpha value is -1.69. The van der Waals surface area contributed by atoms with E-state index in [9.17, 15) is 13.6 Å². The maximum Gasteiger partial charge on any atom is 0.312 e. The van der Waals surface area contributed by atoms with Crippen LogP contribution in [0.25, 0.3) is 0 Å². The molecule has 4 nitrogen and oxygen atoms in total. The average Bonchev–Trinajstić information content (AvgIpc) is 2.09. The van der Waals surface area contributed by atoms with Crippen molar-refractivity contribution in [2.75, 3.05) is 6.54 Å². The molecule has 1 aromatic rings. The first kappa shape index (κ1) is 11.4. The lowest BCUT2D eigenvalue weighted by molar-refractivity contribution is -0.138. The molecule has 0 aromatic heterocycles. The maximum atomic E-state index is 13.2. The SMILES string of the molecule is NCC(C(=O)O)c1c(F)cc(O)cc1F. The number of nitrogens with two attached hydrogens (primary N) is 1. The Morgan fingerprint density at radius 1 is 1.40 bits per heavy atom. The number of hydrogen-bond acceptors (Lipinski definition) is 3. The van der Waals surface area contributed by atoms with Crippen LogP contribution in [0.4, 0.5) is 8.78 Å². The Labute approximate surface area is 83.9 Å². The highest BCUT2D eigenvalue weighted by atomic mass is 19.1. The lowest BCUT2D eigenvalue weighted by Gasteiger charge is -2.12. The third-order valence-electron chi connectivity index (χ3n) is 1.95. The molecule has 1 unspecified atom stereocenters. The molecular weight excluding hydrogens is 208 g/mol. The summed E-state index contributed by atoms with van der Waals surface area (Å²) < 4.78 is 26.4. The number of rotatable bonds is 3. The van der Waals surface area contributed by atoms with Crippen LogP contribution in [0.5, 0.6) is 5.75 Å². The van der Waals surface area contributed by atoms with Gasteiger partial charge in [-0.05, 0) is 0 Å². The van der Waals surface area contributed by atoms with Crippen LogP contribution in [0.15, 0.2) is 12.1 Å². The van der Waals surface area contributed by atoms with Gasteiger partial charge >= 0.3 is 5.97 Å². The molecule has 0 bridgehead atoms. The van der Waals surface area contributed by atoms with Gasteiger partial charge in [-0.25, -0.2) is 8.78 Å². The summed E-state index contributed by atoms with van der Waals surface area (Å²) in [7, 11) is 0. The number of carboxylic acids is 1. The van der Waals surface area contributed by atoms with E-state index in [2.05, 4.69) is 0 Å². The van der Waals surface area contributed by atoms with Crippen molar-refractivity contribution in [2.24, 2.45) is 5.73 Å². The standard InChI is InChI=1S/C9H9F2NO3/c10-6-1-4(13)2-7(11)8(6)5(3-12)9(14)15/h1-2,5,13H,3,12H2,(H,14,15). The summed E-state index contributed by atoms with van der Waals surface area (Å²) >= 11 is 0. The number of benzene rings is 1. The Morgan fingerprint density at radius 3 is 2.20 bits per heavy atom. The van der Waals surface area contributed by atoms with Gasteiger partial charge in [-0.3, -0.25) is 4.79 Å². The number of hydrogen-bond donors (Lipinski definition) is 3. The lowest BCUT2D eigenvalue weighted by atomic mass is 9.98. The van der Waals surface area contributed by atoms with E-state index in [0.717, 1.165) is 0 Å². The molecule has 0 aliphatic heterocycles. The topological polar surface area (TPSA) is 83.6 Å². The first-order valence-corrected chi connectivity index (χ1v) is 4.08. The van der Waals surface area contributed by atoms with E-state index in [4.69, 9.17) is 15.9 Å². The third kappa shape index (κ3) is 2.21. The van der Waals surface area contributed by atoms with E-state index in [-0.39, 0.29) is 0 Å². The largest absolute Gasteiger partial charge is 0.508 e. The van der Waals surface area contributed by atoms with Gasteiger partial charge in [-0.2, -0.15) is 0 Å². The smallest absolute Gasteiger partial charge is 0.312 e. The maximum absolute atomic E-state index is 13.2. The van der Waals surface area contributed by atoms with Gasteiger partial charge in [0.25, 0.3) is 0 Å². The van der Waals surface area contributed by atoms with Crippen molar-refractivity contribution < 1.29 is 23.8 Å². The van der Waals surface area contributed by atoms with Crippen LogP contribution in [-0.4, -0.2) is 22.7 Å². The van der Waals surface area contributed by atoms with Crippen molar-refractivity contribution in [2.45, 2.75) is 5.92 Å². The van der Waals surface area contributed by atoms with Gasteiger partial charge in [-0.15, -0.1) is 0 Å². The monoisotopic (exact) mass is 217 g/mol. The number of carboxylic acid groups (broad SMARTS) is 1. The Balaban J connectivity index is 3.29. The first-order chi connectivity index (χ1) is 6.97. The molecule has 0 heterocycles. The third-order valence-corrected chi connectivity index (χ3v) is 1.95. The van der Waals surface area contributed by atoms with Gasteiger partial charge in [0.2, 0.25) is 0 Å². The number of halogens is 2. The van der Waals surface area contributed by atoms with Gasteiger partial charge < -0.3 is 15.9 Å². The van der Waals surface area contributed by atoms with E-state index in [1.165, 1.54) is 0 Å². The zero-order valence-electron chi connectivity index (χ0n) is 7.58. The van der Waals surface area contributed by atoms with Crippen molar-refractivity contribution in [1.82, 2.24) is 0 Å². The fourth-order valence-electron chi connectivity index (χ4n) is 1.25. The molecule has 6 heteroatoms. The zero-order valence-corrected chi connectivity index (χ0v) is 7.58. The van der Waals surface area contributed by atoms with E-state index in [1.807, 2.05) is 0 Å². The average molecular weight is 217 g/mol. The molecule has 82 valence electrons. The molecule has 4 N–H and O–H groups in total. The minimum absolute atomic E-state index is 0.423. The molecule has 1 rings (SSSR count). The van der Waals surface area contributed by atoms with E-state index in [0.29, 0.717) is 12.1 Å².